The number of aromatic hydroxyl groups is 1. The summed E-state index contributed by atoms with van der Waals surface area (Å²) in [5.41, 5.74) is 5.87. The molecule has 0 atom stereocenters. The lowest BCUT2D eigenvalue weighted by molar-refractivity contribution is 0.0747. The Morgan fingerprint density at radius 1 is 1.50 bits per heavy atom. The quantitative estimate of drug-likeness (QED) is 0.329. The zero-order valence-electron chi connectivity index (χ0n) is 10.8. The van der Waals surface area contributed by atoms with E-state index in [1.807, 2.05) is 0 Å². The number of rotatable bonds is 5. The van der Waals surface area contributed by atoms with Crippen molar-refractivity contribution < 1.29 is 15.1 Å². The van der Waals surface area contributed by atoms with Crippen LogP contribution in [0.1, 0.15) is 29.6 Å². The fourth-order valence-electron chi connectivity index (χ4n) is 1.93. The number of nitrogens with zero attached hydrogens (tertiary/aromatic N) is 2. The predicted molar refractivity (Wildman–Crippen MR) is 77.9 cm³/mol. The summed E-state index contributed by atoms with van der Waals surface area (Å²) in [4.78, 5) is 14.2. The third-order valence-electron chi connectivity index (χ3n) is 3.18. The zero-order chi connectivity index (χ0) is 14.7. The summed E-state index contributed by atoms with van der Waals surface area (Å²) in [5, 5.41) is 21.1. The Morgan fingerprint density at radius 3 is 2.75 bits per heavy atom. The van der Waals surface area contributed by atoms with Gasteiger partial charge in [0, 0.05) is 24.6 Å². The Hall–Kier alpha value is -1.76. The first-order valence-corrected chi connectivity index (χ1v) is 7.08. The van der Waals surface area contributed by atoms with Crippen LogP contribution < -0.4 is 5.73 Å². The molecule has 1 aliphatic carbocycles. The van der Waals surface area contributed by atoms with E-state index in [4.69, 9.17) is 10.9 Å². The fourth-order valence-corrected chi connectivity index (χ4v) is 2.18. The molecule has 0 saturated heterocycles. The molecule has 7 heteroatoms. The molecule has 1 aromatic carbocycles. The van der Waals surface area contributed by atoms with Crippen LogP contribution in [0.2, 0.25) is 0 Å². The highest BCUT2D eigenvalue weighted by molar-refractivity contribution is 9.10. The lowest BCUT2D eigenvalue weighted by Crippen LogP contribution is -2.35. The second kappa shape index (κ2) is 6.13. The number of carbonyl (C=O) groups is 1. The second-order valence-corrected chi connectivity index (χ2v) is 5.59. The molecule has 0 radical (unpaired) electrons. The normalized spacial score (nSPS) is 15.2. The molecule has 1 aliphatic rings. The van der Waals surface area contributed by atoms with E-state index in [2.05, 4.69) is 21.1 Å². The molecule has 1 saturated carbocycles. The van der Waals surface area contributed by atoms with E-state index in [1.54, 1.807) is 17.0 Å². The van der Waals surface area contributed by atoms with Crippen molar-refractivity contribution in [2.24, 2.45) is 10.9 Å². The van der Waals surface area contributed by atoms with Crippen molar-refractivity contribution in [3.8, 4) is 5.75 Å². The number of phenolic OH excluding ortho intramolecular Hbond substituents is 1. The van der Waals surface area contributed by atoms with Gasteiger partial charge in [0.15, 0.2) is 0 Å². The summed E-state index contributed by atoms with van der Waals surface area (Å²) in [6.45, 7) is 0.399. The molecule has 0 aromatic heterocycles. The molecule has 4 N–H and O–H groups in total. The minimum atomic E-state index is -0.152. The maximum absolute atomic E-state index is 12.4. The van der Waals surface area contributed by atoms with Crippen LogP contribution in [0.25, 0.3) is 0 Å². The minimum Gasteiger partial charge on any atom is -0.507 e. The summed E-state index contributed by atoms with van der Waals surface area (Å²) in [5.74, 6) is -0.0221. The average molecular weight is 342 g/mol. The molecule has 1 fully saturated rings. The SMILES string of the molecule is N/C(CCN(C(=O)c1ccc(Br)c(O)c1)C1CC1)=N/O. The molecule has 1 amide bonds. The van der Waals surface area contributed by atoms with Gasteiger partial charge >= 0.3 is 0 Å². The van der Waals surface area contributed by atoms with Crippen molar-refractivity contribution in [1.29, 1.82) is 0 Å². The summed E-state index contributed by atoms with van der Waals surface area (Å²) in [7, 11) is 0. The van der Waals surface area contributed by atoms with Crippen LogP contribution >= 0.6 is 15.9 Å². The summed E-state index contributed by atoms with van der Waals surface area (Å²) in [6, 6.07) is 4.94. The Labute approximate surface area is 125 Å². The van der Waals surface area contributed by atoms with Crippen molar-refractivity contribution in [2.45, 2.75) is 25.3 Å². The molecule has 20 heavy (non-hydrogen) atoms. The maximum atomic E-state index is 12.4. The first-order valence-electron chi connectivity index (χ1n) is 6.29. The van der Waals surface area contributed by atoms with Gasteiger partial charge in [0.05, 0.1) is 4.47 Å². The van der Waals surface area contributed by atoms with E-state index in [9.17, 15) is 9.90 Å². The van der Waals surface area contributed by atoms with Gasteiger partial charge in [0.25, 0.3) is 5.91 Å². The summed E-state index contributed by atoms with van der Waals surface area (Å²) >= 11 is 3.18. The largest absolute Gasteiger partial charge is 0.507 e. The van der Waals surface area contributed by atoms with Crippen molar-refractivity contribution in [3.05, 3.63) is 28.2 Å². The van der Waals surface area contributed by atoms with Crippen molar-refractivity contribution in [2.75, 3.05) is 6.54 Å². The van der Waals surface area contributed by atoms with Crippen molar-refractivity contribution in [3.63, 3.8) is 0 Å². The van der Waals surface area contributed by atoms with Gasteiger partial charge in [-0.05, 0) is 47.0 Å². The van der Waals surface area contributed by atoms with E-state index in [0.29, 0.717) is 23.0 Å². The van der Waals surface area contributed by atoms with Gasteiger partial charge < -0.3 is 20.9 Å². The Bertz CT molecular complexity index is 544. The van der Waals surface area contributed by atoms with Crippen LogP contribution in [0.15, 0.2) is 27.8 Å². The Kier molecular flexibility index (Phi) is 4.49. The molecular weight excluding hydrogens is 326 g/mol. The second-order valence-electron chi connectivity index (χ2n) is 4.74. The standard InChI is InChI=1S/C13H16BrN3O3/c14-10-4-1-8(7-11(10)18)13(19)17(9-2-3-9)6-5-12(15)16-20/h1,4,7,9,18,20H,2-3,5-6H2,(H2,15,16). The number of hydrogen-bond acceptors (Lipinski definition) is 4. The Balaban J connectivity index is 2.12. The van der Waals surface area contributed by atoms with E-state index in [1.165, 1.54) is 6.07 Å². The molecule has 0 bridgehead atoms. The smallest absolute Gasteiger partial charge is 0.254 e. The highest BCUT2D eigenvalue weighted by Crippen LogP contribution is 2.30. The first kappa shape index (κ1) is 14.6. The highest BCUT2D eigenvalue weighted by atomic mass is 79.9. The van der Waals surface area contributed by atoms with E-state index >= 15 is 0 Å². The minimum absolute atomic E-state index is 0.0306. The Morgan fingerprint density at radius 2 is 2.20 bits per heavy atom. The van der Waals surface area contributed by atoms with E-state index < -0.39 is 0 Å². The molecule has 108 valence electrons. The monoisotopic (exact) mass is 341 g/mol. The lowest BCUT2D eigenvalue weighted by Gasteiger charge is -2.22. The van der Waals surface area contributed by atoms with Crippen LogP contribution in [0, 0.1) is 0 Å². The number of halogens is 1. The lowest BCUT2D eigenvalue weighted by atomic mass is 10.1. The number of amidine groups is 1. The zero-order valence-corrected chi connectivity index (χ0v) is 12.4. The number of amides is 1. The first-order chi connectivity index (χ1) is 9.52. The average Bonchev–Trinajstić information content (AvgIpc) is 3.26. The maximum Gasteiger partial charge on any atom is 0.254 e. The van der Waals surface area contributed by atoms with Crippen LogP contribution in [0.3, 0.4) is 0 Å². The van der Waals surface area contributed by atoms with Crippen LogP contribution in [-0.2, 0) is 0 Å². The van der Waals surface area contributed by atoms with Crippen LogP contribution in [0.5, 0.6) is 5.75 Å². The van der Waals surface area contributed by atoms with Gasteiger partial charge in [-0.2, -0.15) is 0 Å². The number of hydrogen-bond donors (Lipinski definition) is 3. The number of nitrogens with two attached hydrogens (primary N) is 1. The highest BCUT2D eigenvalue weighted by Gasteiger charge is 2.33. The van der Waals surface area contributed by atoms with Gasteiger partial charge in [0.2, 0.25) is 0 Å². The summed E-state index contributed by atoms with van der Waals surface area (Å²) < 4.78 is 0.545. The topological polar surface area (TPSA) is 99.2 Å². The third-order valence-corrected chi connectivity index (χ3v) is 3.85. The molecule has 2 rings (SSSR count). The molecule has 0 unspecified atom stereocenters. The molecule has 0 heterocycles. The number of carbonyl (C=O) groups excluding carboxylic acids is 1. The van der Waals surface area contributed by atoms with Gasteiger partial charge in [-0.15, -0.1) is 0 Å². The van der Waals surface area contributed by atoms with E-state index in [0.717, 1.165) is 12.8 Å². The van der Waals surface area contributed by atoms with Gasteiger partial charge in [-0.3, -0.25) is 4.79 Å². The summed E-state index contributed by atoms with van der Waals surface area (Å²) in [6.07, 6.45) is 2.25. The van der Waals surface area contributed by atoms with Gasteiger partial charge in [-0.25, -0.2) is 0 Å². The molecule has 6 nitrogen and oxygen atoms in total. The predicted octanol–water partition coefficient (Wildman–Crippen LogP) is 1.90. The fraction of sp³-hybridized carbons (Fsp3) is 0.385. The molecule has 1 aromatic rings. The van der Waals surface area contributed by atoms with E-state index in [-0.39, 0.29) is 23.5 Å². The van der Waals surface area contributed by atoms with Crippen molar-refractivity contribution in [1.82, 2.24) is 4.90 Å². The number of benzene rings is 1. The van der Waals surface area contributed by atoms with Crippen LogP contribution in [0.4, 0.5) is 0 Å². The molecular formula is C13H16BrN3O3. The third kappa shape index (κ3) is 3.41. The van der Waals surface area contributed by atoms with Crippen molar-refractivity contribution >= 4 is 27.7 Å². The number of phenols is 1. The molecule has 0 aliphatic heterocycles. The number of oxime groups is 1. The molecule has 0 spiro atoms. The van der Waals surface area contributed by atoms with Gasteiger partial charge in [0.1, 0.15) is 11.6 Å². The van der Waals surface area contributed by atoms with Gasteiger partial charge in [-0.1, -0.05) is 5.16 Å². The van der Waals surface area contributed by atoms with Crippen LogP contribution in [-0.4, -0.2) is 39.5 Å².